The highest BCUT2D eigenvalue weighted by Crippen LogP contribution is 2.42. The molecule has 0 atom stereocenters. The number of ether oxygens (including phenoxy) is 1. The summed E-state index contributed by atoms with van der Waals surface area (Å²) in [5, 5.41) is 4.04. The Morgan fingerprint density at radius 2 is 1.79 bits per heavy atom. The molecule has 0 saturated carbocycles. The number of hydrogen-bond donors (Lipinski definition) is 1. The zero-order chi connectivity index (χ0) is 30.9. The normalized spacial score (nSPS) is 14.0. The highest BCUT2D eigenvalue weighted by Gasteiger charge is 2.56. The summed E-state index contributed by atoms with van der Waals surface area (Å²) >= 11 is 0. The molecule has 10 nitrogen and oxygen atoms in total. The number of hydrogen-bond acceptors (Lipinski definition) is 9. The lowest BCUT2D eigenvalue weighted by Crippen LogP contribution is -2.52. The Morgan fingerprint density at radius 1 is 1.07 bits per heavy atom. The summed E-state index contributed by atoms with van der Waals surface area (Å²) in [4.78, 5) is 24.1. The van der Waals surface area contributed by atoms with Gasteiger partial charge in [0.2, 0.25) is 5.88 Å². The third-order valence-corrected chi connectivity index (χ3v) is 8.77. The first-order chi connectivity index (χ1) is 20.5. The summed E-state index contributed by atoms with van der Waals surface area (Å²) in [5.74, 6) is -4.91. The Kier molecular flexibility index (Phi) is 8.12. The molecule has 2 aromatic carbocycles. The van der Waals surface area contributed by atoms with Crippen LogP contribution in [0, 0.1) is 12.7 Å². The van der Waals surface area contributed by atoms with E-state index in [4.69, 9.17) is 4.74 Å². The number of methoxy groups -OCH3 is 1. The van der Waals surface area contributed by atoms with Crippen molar-refractivity contribution in [2.24, 2.45) is 0 Å². The van der Waals surface area contributed by atoms with Crippen LogP contribution in [-0.2, 0) is 19.8 Å². The second-order valence-corrected chi connectivity index (χ2v) is 11.4. The fourth-order valence-corrected chi connectivity index (χ4v) is 6.51. The van der Waals surface area contributed by atoms with Crippen LogP contribution in [0.5, 0.6) is 5.88 Å². The first kappa shape index (κ1) is 30.0. The van der Waals surface area contributed by atoms with E-state index >= 15 is 8.78 Å². The number of fused-ring (bicyclic) bond motifs is 1. The topological polar surface area (TPSA) is 114 Å². The predicted molar refractivity (Wildman–Crippen MR) is 150 cm³/mol. The van der Waals surface area contributed by atoms with Crippen molar-refractivity contribution in [1.82, 2.24) is 15.3 Å². The van der Waals surface area contributed by atoms with Gasteiger partial charge in [-0.15, -0.1) is 0 Å². The number of benzene rings is 2. The van der Waals surface area contributed by atoms with Crippen LogP contribution in [0.15, 0.2) is 65.8 Å². The lowest BCUT2D eigenvalue weighted by Gasteiger charge is -2.31. The fourth-order valence-electron chi connectivity index (χ4n) is 4.98. The van der Waals surface area contributed by atoms with Gasteiger partial charge in [-0.3, -0.25) is 4.98 Å². The van der Waals surface area contributed by atoms with Gasteiger partial charge in [0.1, 0.15) is 16.4 Å². The molecule has 4 aromatic rings. The molecule has 1 fully saturated rings. The third kappa shape index (κ3) is 5.41. The molecule has 1 N–H and O–H groups in total. The van der Waals surface area contributed by atoms with E-state index in [9.17, 15) is 22.1 Å². The lowest BCUT2D eigenvalue weighted by atomic mass is 9.99. The van der Waals surface area contributed by atoms with Gasteiger partial charge >= 0.3 is 12.0 Å². The van der Waals surface area contributed by atoms with E-state index in [2.05, 4.69) is 25.1 Å². The summed E-state index contributed by atoms with van der Waals surface area (Å²) in [7, 11) is -4.57. The molecule has 43 heavy (non-hydrogen) atoms. The van der Waals surface area contributed by atoms with Gasteiger partial charge in [0.25, 0.3) is 10.0 Å². The highest BCUT2D eigenvalue weighted by molar-refractivity contribution is 7.93. The number of halogens is 4. The first-order valence-corrected chi connectivity index (χ1v) is 14.3. The fraction of sp³-hybridized carbons (Fsp3) is 0.250. The molecule has 0 unspecified atom stereocenters. The number of carbonyl (C=O) groups is 1. The number of aryl methyl sites for hydroxylation is 1. The van der Waals surface area contributed by atoms with E-state index in [0.29, 0.717) is 11.1 Å². The molecular weight excluding hydrogens is 594 g/mol. The van der Waals surface area contributed by atoms with Gasteiger partial charge in [0.15, 0.2) is 0 Å². The van der Waals surface area contributed by atoms with Gasteiger partial charge < -0.3 is 15.0 Å². The zero-order valence-electron chi connectivity index (χ0n) is 22.9. The maximum Gasteiger partial charge on any atom is 0.441 e. The van der Waals surface area contributed by atoms with Gasteiger partial charge in [0.05, 0.1) is 12.6 Å². The quantitative estimate of drug-likeness (QED) is 0.227. The average molecular weight is 620 g/mol. The number of sulfonamides is 1. The number of anilines is 2. The molecule has 226 valence electrons. The molecule has 1 saturated heterocycles. The maximum atomic E-state index is 15.5. The Bertz CT molecular complexity index is 1800. The Morgan fingerprint density at radius 3 is 2.47 bits per heavy atom. The van der Waals surface area contributed by atoms with E-state index in [0.717, 1.165) is 80.3 Å². The number of aromatic nitrogens is 2. The molecule has 0 bridgehead atoms. The number of pyridine rings is 2. The summed E-state index contributed by atoms with van der Waals surface area (Å²) in [6.45, 7) is 4.82. The van der Waals surface area contributed by atoms with Crippen molar-refractivity contribution in [1.29, 1.82) is 0 Å². The van der Waals surface area contributed by atoms with Crippen LogP contribution >= 0.6 is 0 Å². The lowest BCUT2D eigenvalue weighted by molar-refractivity contribution is -0.209. The van der Waals surface area contributed by atoms with Gasteiger partial charge in [-0.1, -0.05) is 12.1 Å². The number of nitrogens with one attached hydrogen (secondary N) is 1. The molecule has 2 aromatic heterocycles. The molecule has 1 aliphatic heterocycles. The van der Waals surface area contributed by atoms with Crippen molar-refractivity contribution in [2.45, 2.75) is 17.9 Å². The van der Waals surface area contributed by atoms with E-state index in [1.165, 1.54) is 6.20 Å². The van der Waals surface area contributed by atoms with Crippen molar-refractivity contribution >= 4 is 38.3 Å². The third-order valence-electron chi connectivity index (χ3n) is 6.97. The monoisotopic (exact) mass is 619 g/mol. The molecule has 1 aliphatic rings. The smallest absolute Gasteiger partial charge is 0.441 e. The summed E-state index contributed by atoms with van der Waals surface area (Å²) in [5.41, 5.74) is 1.91. The molecule has 0 aliphatic carbocycles. The Hall–Kier alpha value is -4.50. The molecule has 15 heteroatoms. The van der Waals surface area contributed by atoms with Crippen molar-refractivity contribution < 1.29 is 40.6 Å². The minimum atomic E-state index is -5.59. The second kappa shape index (κ2) is 11.6. The van der Waals surface area contributed by atoms with Gasteiger partial charge in [-0.05, 0) is 54.4 Å². The van der Waals surface area contributed by atoms with Crippen molar-refractivity contribution in [2.75, 3.05) is 42.5 Å². The molecule has 0 amide bonds. The Balaban J connectivity index is 1.74. The summed E-state index contributed by atoms with van der Waals surface area (Å²) in [6.07, 6.45) is 2.94. The van der Waals surface area contributed by atoms with Gasteiger partial charge in [0, 0.05) is 59.7 Å². The largest absolute Gasteiger partial charge is 0.479 e. The van der Waals surface area contributed by atoms with Gasteiger partial charge in [-0.25, -0.2) is 27.5 Å². The van der Waals surface area contributed by atoms with E-state index in [1.807, 2.05) is 6.07 Å². The first-order valence-electron chi connectivity index (χ1n) is 12.9. The van der Waals surface area contributed by atoms with Crippen LogP contribution in [0.2, 0.25) is 0 Å². The minimum absolute atomic E-state index is 0.133. The average Bonchev–Trinajstić information content (AvgIpc) is 3.00. The van der Waals surface area contributed by atoms with E-state index in [1.54, 1.807) is 25.3 Å². The van der Waals surface area contributed by atoms with Crippen LogP contribution in [0.4, 0.5) is 29.1 Å². The second-order valence-electron chi connectivity index (χ2n) is 9.61. The highest BCUT2D eigenvalue weighted by atomic mass is 32.2. The van der Waals surface area contributed by atoms with Crippen molar-refractivity contribution in [3.8, 4) is 17.0 Å². The predicted octanol–water partition coefficient (Wildman–Crippen LogP) is 4.38. The van der Waals surface area contributed by atoms with Crippen LogP contribution in [0.3, 0.4) is 0 Å². The van der Waals surface area contributed by atoms with Gasteiger partial charge in [-0.2, -0.15) is 13.1 Å². The standard InChI is InChI=1S/C28H25F4N5O5S/c1-17-13-18(14-20-22(7-8-34-25(17)20)36-11-9-33-10-12-36)19-15-23(26(41-2)35-16-19)37(28(30,31)27(38)42-32)43(39,40)24-6-4-3-5-21(24)29/h3-8,13-16,33H,9-12H2,1-2H3. The molecule has 0 spiro atoms. The van der Waals surface area contributed by atoms with E-state index in [-0.39, 0.29) is 5.56 Å². The molecule has 0 radical (unpaired) electrons. The van der Waals surface area contributed by atoms with Crippen molar-refractivity contribution in [3.63, 3.8) is 0 Å². The zero-order valence-corrected chi connectivity index (χ0v) is 23.7. The van der Waals surface area contributed by atoms with Crippen molar-refractivity contribution in [3.05, 3.63) is 72.3 Å². The number of alkyl halides is 2. The molecule has 3 heterocycles. The van der Waals surface area contributed by atoms with Crippen LogP contribution in [-0.4, -0.2) is 63.7 Å². The van der Waals surface area contributed by atoms with E-state index < -0.39 is 48.6 Å². The Labute approximate surface area is 243 Å². The van der Waals surface area contributed by atoms with Crippen LogP contribution in [0.1, 0.15) is 5.56 Å². The van der Waals surface area contributed by atoms with Crippen LogP contribution in [0.25, 0.3) is 22.0 Å². The minimum Gasteiger partial charge on any atom is -0.479 e. The molecule has 5 rings (SSSR count). The maximum absolute atomic E-state index is 15.5. The number of piperazine rings is 1. The number of carbonyl (C=O) groups excluding carboxylic acids is 1. The van der Waals surface area contributed by atoms with Crippen LogP contribution < -0.4 is 19.3 Å². The number of rotatable bonds is 8. The summed E-state index contributed by atoms with van der Waals surface area (Å²) in [6, 6.07) is 4.78. The molecular formula is C28H25F4N5O5S. The summed E-state index contributed by atoms with van der Waals surface area (Å²) < 4.78 is 89.9. The SMILES string of the molecule is COc1ncc(-c2cc(C)c3nccc(N4CCNCC4)c3c2)cc1N(C(F)(F)C(=O)OF)S(=O)(=O)c1ccccc1F. The number of nitrogens with zero attached hydrogens (tertiary/aromatic N) is 4.